The summed E-state index contributed by atoms with van der Waals surface area (Å²) in [5, 5.41) is 12.7. The molecular formula is C20H18N2O6S. The van der Waals surface area contributed by atoms with Crippen LogP contribution in [0.4, 0.5) is 5.13 Å². The summed E-state index contributed by atoms with van der Waals surface area (Å²) in [6.07, 6.45) is 1.30. The van der Waals surface area contributed by atoms with Gasteiger partial charge in [-0.3, -0.25) is 14.5 Å². The SMILES string of the molecule is Cc1c(O)ccc2c(COC(=O)Cc3csc(N4CCCC4=O)n3)cc(=O)oc12. The third-order valence-corrected chi connectivity index (χ3v) is 5.69. The third kappa shape index (κ3) is 3.86. The molecule has 0 bridgehead atoms. The maximum atomic E-state index is 12.2. The van der Waals surface area contributed by atoms with Crippen molar-refractivity contribution in [2.45, 2.75) is 32.8 Å². The molecule has 0 saturated carbocycles. The minimum absolute atomic E-state index is 0.0191. The molecule has 9 heteroatoms. The van der Waals surface area contributed by atoms with E-state index in [1.165, 1.54) is 23.5 Å². The number of esters is 1. The van der Waals surface area contributed by atoms with E-state index in [9.17, 15) is 19.5 Å². The van der Waals surface area contributed by atoms with Gasteiger partial charge < -0.3 is 14.3 Å². The number of rotatable bonds is 5. The van der Waals surface area contributed by atoms with Gasteiger partial charge >= 0.3 is 11.6 Å². The zero-order valence-corrected chi connectivity index (χ0v) is 16.5. The van der Waals surface area contributed by atoms with E-state index in [2.05, 4.69) is 4.98 Å². The molecule has 0 spiro atoms. The summed E-state index contributed by atoms with van der Waals surface area (Å²) in [6.45, 7) is 2.18. The van der Waals surface area contributed by atoms with Gasteiger partial charge in [0.05, 0.1) is 12.1 Å². The molecule has 29 heavy (non-hydrogen) atoms. The van der Waals surface area contributed by atoms with Gasteiger partial charge in [0.25, 0.3) is 0 Å². The number of anilines is 1. The Morgan fingerprint density at radius 1 is 1.38 bits per heavy atom. The minimum atomic E-state index is -0.586. The van der Waals surface area contributed by atoms with Crippen molar-refractivity contribution in [2.75, 3.05) is 11.4 Å². The predicted octanol–water partition coefficient (Wildman–Crippen LogP) is 2.68. The number of thiazole rings is 1. The van der Waals surface area contributed by atoms with Crippen LogP contribution in [0, 0.1) is 6.92 Å². The predicted molar refractivity (Wildman–Crippen MR) is 106 cm³/mol. The van der Waals surface area contributed by atoms with Crippen molar-refractivity contribution < 1.29 is 23.8 Å². The number of carbonyl (C=O) groups excluding carboxylic acids is 2. The van der Waals surface area contributed by atoms with Crippen LogP contribution in [-0.2, 0) is 27.4 Å². The van der Waals surface area contributed by atoms with Gasteiger partial charge in [0.2, 0.25) is 5.91 Å². The Hall–Kier alpha value is -3.20. The first kappa shape index (κ1) is 19.1. The molecule has 0 unspecified atom stereocenters. The van der Waals surface area contributed by atoms with Crippen molar-refractivity contribution in [1.82, 2.24) is 4.98 Å². The number of benzene rings is 1. The molecule has 2 aromatic heterocycles. The van der Waals surface area contributed by atoms with E-state index in [0.717, 1.165) is 6.42 Å². The van der Waals surface area contributed by atoms with Gasteiger partial charge in [-0.05, 0) is 25.5 Å². The quantitative estimate of drug-likeness (QED) is 0.505. The van der Waals surface area contributed by atoms with Crippen molar-refractivity contribution in [3.8, 4) is 5.75 Å². The summed E-state index contributed by atoms with van der Waals surface area (Å²) in [5.41, 5.74) is 1.15. The third-order valence-electron chi connectivity index (χ3n) is 4.78. The molecule has 0 radical (unpaired) electrons. The van der Waals surface area contributed by atoms with Gasteiger partial charge in [0.15, 0.2) is 5.13 Å². The lowest BCUT2D eigenvalue weighted by molar-refractivity contribution is -0.144. The van der Waals surface area contributed by atoms with E-state index in [1.54, 1.807) is 23.3 Å². The van der Waals surface area contributed by atoms with Crippen LogP contribution in [0.25, 0.3) is 11.0 Å². The molecule has 1 aliphatic rings. The van der Waals surface area contributed by atoms with Crippen molar-refractivity contribution in [3.05, 3.63) is 50.8 Å². The second-order valence-electron chi connectivity index (χ2n) is 6.78. The van der Waals surface area contributed by atoms with Crippen molar-refractivity contribution in [3.63, 3.8) is 0 Å². The van der Waals surface area contributed by atoms with Crippen LogP contribution in [0.3, 0.4) is 0 Å². The maximum Gasteiger partial charge on any atom is 0.336 e. The summed E-state index contributed by atoms with van der Waals surface area (Å²) in [6, 6.07) is 4.38. The molecule has 150 valence electrons. The molecule has 0 aliphatic carbocycles. The Kier molecular flexibility index (Phi) is 5.06. The number of hydrogen-bond donors (Lipinski definition) is 1. The molecule has 8 nitrogen and oxygen atoms in total. The van der Waals surface area contributed by atoms with Gasteiger partial charge in [-0.25, -0.2) is 9.78 Å². The summed E-state index contributed by atoms with van der Waals surface area (Å²) >= 11 is 1.32. The summed E-state index contributed by atoms with van der Waals surface area (Å²) in [4.78, 5) is 41.9. The van der Waals surface area contributed by atoms with Crippen LogP contribution < -0.4 is 10.5 Å². The number of aromatic hydroxyl groups is 1. The molecular weight excluding hydrogens is 396 g/mol. The fourth-order valence-corrected chi connectivity index (χ4v) is 4.11. The van der Waals surface area contributed by atoms with Gasteiger partial charge in [0, 0.05) is 40.9 Å². The molecule has 1 saturated heterocycles. The van der Waals surface area contributed by atoms with Crippen molar-refractivity contribution in [1.29, 1.82) is 0 Å². The Morgan fingerprint density at radius 2 is 2.21 bits per heavy atom. The number of nitrogens with zero attached hydrogens (tertiary/aromatic N) is 2. The van der Waals surface area contributed by atoms with Crippen molar-refractivity contribution in [2.24, 2.45) is 0 Å². The average Bonchev–Trinajstić information content (AvgIpc) is 3.31. The van der Waals surface area contributed by atoms with Crippen LogP contribution in [0.15, 0.2) is 32.8 Å². The van der Waals surface area contributed by atoms with Gasteiger partial charge in [-0.1, -0.05) is 0 Å². The summed E-state index contributed by atoms with van der Waals surface area (Å²) < 4.78 is 10.5. The van der Waals surface area contributed by atoms with Crippen molar-refractivity contribution >= 4 is 39.3 Å². The molecule has 1 aliphatic heterocycles. The van der Waals surface area contributed by atoms with Crippen LogP contribution in [0.1, 0.15) is 29.7 Å². The van der Waals surface area contributed by atoms with Crippen LogP contribution in [-0.4, -0.2) is 28.5 Å². The number of aromatic nitrogens is 1. The maximum absolute atomic E-state index is 12.2. The van der Waals surface area contributed by atoms with Crippen LogP contribution in [0.5, 0.6) is 5.75 Å². The van der Waals surface area contributed by atoms with E-state index in [4.69, 9.17) is 9.15 Å². The van der Waals surface area contributed by atoms with E-state index in [1.807, 2.05) is 0 Å². The molecule has 3 aromatic rings. The van der Waals surface area contributed by atoms with E-state index in [-0.39, 0.29) is 30.3 Å². The molecule has 1 fully saturated rings. The molecule has 3 heterocycles. The standard InChI is InChI=1S/C20H18N2O6S/c1-11-15(23)5-4-14-12(7-18(26)28-19(11)14)9-27-17(25)8-13-10-29-20(21-13)22-6-2-3-16(22)24/h4-5,7,10,23H,2-3,6,8-9H2,1H3. The normalized spacial score (nSPS) is 14.0. The molecule has 0 atom stereocenters. The Morgan fingerprint density at radius 3 is 2.97 bits per heavy atom. The van der Waals surface area contributed by atoms with Gasteiger partial charge in [0.1, 0.15) is 17.9 Å². The minimum Gasteiger partial charge on any atom is -0.508 e. The molecule has 1 aromatic carbocycles. The first-order chi connectivity index (χ1) is 13.9. The summed E-state index contributed by atoms with van der Waals surface area (Å²) in [7, 11) is 0. The smallest absolute Gasteiger partial charge is 0.336 e. The van der Waals surface area contributed by atoms with Crippen LogP contribution in [0.2, 0.25) is 0 Å². The average molecular weight is 414 g/mol. The largest absolute Gasteiger partial charge is 0.508 e. The highest BCUT2D eigenvalue weighted by atomic mass is 32.1. The fraction of sp³-hybridized carbons (Fsp3) is 0.300. The number of carbonyl (C=O) groups is 2. The number of phenolic OH excluding ortho intramolecular Hbond substituents is 1. The fourth-order valence-electron chi connectivity index (χ4n) is 3.24. The Labute approximate surface area is 169 Å². The van der Waals surface area contributed by atoms with Gasteiger partial charge in [-0.15, -0.1) is 11.3 Å². The highest BCUT2D eigenvalue weighted by Crippen LogP contribution is 2.28. The lowest BCUT2D eigenvalue weighted by atomic mass is 10.1. The molecule has 1 amide bonds. The number of ether oxygens (including phenoxy) is 1. The van der Waals surface area contributed by atoms with Crippen LogP contribution >= 0.6 is 11.3 Å². The zero-order chi connectivity index (χ0) is 20.5. The topological polar surface area (TPSA) is 110 Å². The number of aryl methyl sites for hydroxylation is 1. The lowest BCUT2D eigenvalue weighted by Crippen LogP contribution is -2.23. The van der Waals surface area contributed by atoms with Gasteiger partial charge in [-0.2, -0.15) is 0 Å². The number of phenols is 1. The number of amides is 1. The number of hydrogen-bond acceptors (Lipinski definition) is 8. The first-order valence-corrected chi connectivity index (χ1v) is 9.96. The Bertz CT molecular complexity index is 1170. The second kappa shape index (κ2) is 7.67. The number of fused-ring (bicyclic) bond motifs is 1. The summed E-state index contributed by atoms with van der Waals surface area (Å²) in [5.74, 6) is -0.429. The highest BCUT2D eigenvalue weighted by molar-refractivity contribution is 7.14. The van der Waals surface area contributed by atoms with E-state index in [0.29, 0.717) is 40.3 Å². The Balaban J connectivity index is 1.45. The zero-order valence-electron chi connectivity index (χ0n) is 15.6. The monoisotopic (exact) mass is 414 g/mol. The molecule has 1 N–H and O–H groups in total. The van der Waals surface area contributed by atoms with E-state index < -0.39 is 11.6 Å². The first-order valence-electron chi connectivity index (χ1n) is 9.08. The lowest BCUT2D eigenvalue weighted by Gasteiger charge is -2.10. The highest BCUT2D eigenvalue weighted by Gasteiger charge is 2.24. The molecule has 4 rings (SSSR count). The second-order valence-corrected chi connectivity index (χ2v) is 7.62. The van der Waals surface area contributed by atoms with E-state index >= 15 is 0 Å².